The lowest BCUT2D eigenvalue weighted by Gasteiger charge is -2.28. The van der Waals surface area contributed by atoms with Gasteiger partial charge in [-0.2, -0.15) is 0 Å². The molecule has 0 saturated heterocycles. The van der Waals surface area contributed by atoms with E-state index in [1.165, 1.54) is 83.5 Å². The lowest BCUT2D eigenvalue weighted by Crippen LogP contribution is -2.07. The summed E-state index contributed by atoms with van der Waals surface area (Å²) in [5, 5.41) is 0. The average Bonchev–Trinajstić information content (AvgIpc) is 3.05. The van der Waals surface area contributed by atoms with Crippen molar-refractivity contribution in [3.8, 4) is 33.4 Å². The van der Waals surface area contributed by atoms with Crippen LogP contribution in [0.3, 0.4) is 0 Å². The summed E-state index contributed by atoms with van der Waals surface area (Å²) in [4.78, 5) is 0. The van der Waals surface area contributed by atoms with Crippen molar-refractivity contribution in [3.05, 3.63) is 105 Å². The largest absolute Gasteiger partial charge is 0.0587 e. The van der Waals surface area contributed by atoms with Gasteiger partial charge in [0.25, 0.3) is 0 Å². The van der Waals surface area contributed by atoms with Gasteiger partial charge in [0.2, 0.25) is 0 Å². The van der Waals surface area contributed by atoms with Crippen LogP contribution in [0.4, 0.5) is 0 Å². The minimum absolute atomic E-state index is 0.411. The van der Waals surface area contributed by atoms with E-state index in [0.717, 1.165) is 0 Å². The van der Waals surface area contributed by atoms with E-state index in [2.05, 4.69) is 179 Å². The van der Waals surface area contributed by atoms with E-state index in [4.69, 9.17) is 0 Å². The zero-order valence-corrected chi connectivity index (χ0v) is 35.9. The molecule has 0 bridgehead atoms. The first-order chi connectivity index (χ1) is 23.7. The first-order valence-electron chi connectivity index (χ1n) is 20.4. The maximum Gasteiger partial charge on any atom is -0.0114 e. The highest BCUT2D eigenvalue weighted by atomic mass is 14.3. The Bertz CT molecular complexity index is 1500. The maximum absolute atomic E-state index is 2.57. The lowest BCUT2D eigenvalue weighted by molar-refractivity contribution is 0.806. The van der Waals surface area contributed by atoms with Gasteiger partial charge in [-0.1, -0.05) is 161 Å². The topological polar surface area (TPSA) is 0 Å². The SMILES string of the molecule is CC(C)c1cc(C(C)C)c(-c2cc(-c3c(C(C)C)cc(C(C)C)cc3C(C)C)cc(-c3c(C(C)C)cc(C(C)C)cc3C(C)C)c2)c(C(C)C)c1. The number of rotatable bonds is 12. The number of hydrogen-bond donors (Lipinski definition) is 0. The van der Waals surface area contributed by atoms with Crippen LogP contribution < -0.4 is 0 Å². The average molecular weight is 685 g/mol. The van der Waals surface area contributed by atoms with Gasteiger partial charge in [-0.15, -0.1) is 0 Å². The van der Waals surface area contributed by atoms with Crippen LogP contribution in [0, 0.1) is 0 Å². The molecule has 0 nitrogen and oxygen atoms in total. The molecule has 0 amide bonds. The standard InChI is InChI=1S/C51H72/c1-28(2)37-22-43(31(7)8)49(44(23-37)32(9)10)40-19-41(50-45(33(11)12)24-38(29(3)4)25-46(50)34(13)14)21-42(20-40)51-47(35(15)16)26-39(30(5)6)27-48(51)36(17)18/h19-36H,1-18H3. The van der Waals surface area contributed by atoms with E-state index in [0.29, 0.717) is 53.3 Å². The summed E-state index contributed by atoms with van der Waals surface area (Å²) in [6, 6.07) is 22.9. The van der Waals surface area contributed by atoms with Crippen molar-refractivity contribution in [2.75, 3.05) is 0 Å². The van der Waals surface area contributed by atoms with Crippen molar-refractivity contribution < 1.29 is 0 Å². The fourth-order valence-corrected chi connectivity index (χ4v) is 7.93. The van der Waals surface area contributed by atoms with Crippen molar-refractivity contribution in [2.24, 2.45) is 0 Å². The lowest BCUT2D eigenvalue weighted by atomic mass is 9.77. The van der Waals surface area contributed by atoms with Crippen LogP contribution >= 0.6 is 0 Å². The molecular formula is C51H72. The highest BCUT2D eigenvalue weighted by molar-refractivity contribution is 5.88. The van der Waals surface area contributed by atoms with Gasteiger partial charge in [0, 0.05) is 0 Å². The molecule has 4 rings (SSSR count). The Balaban J connectivity index is 2.32. The van der Waals surface area contributed by atoms with Crippen molar-refractivity contribution >= 4 is 0 Å². The van der Waals surface area contributed by atoms with Crippen molar-refractivity contribution in [3.63, 3.8) is 0 Å². The van der Waals surface area contributed by atoms with E-state index in [9.17, 15) is 0 Å². The summed E-state index contributed by atoms with van der Waals surface area (Å²) < 4.78 is 0. The summed E-state index contributed by atoms with van der Waals surface area (Å²) in [6.45, 7) is 42.6. The second-order valence-electron chi connectivity index (χ2n) is 18.4. The molecule has 0 heteroatoms. The van der Waals surface area contributed by atoms with E-state index in [-0.39, 0.29) is 0 Å². The van der Waals surface area contributed by atoms with Gasteiger partial charge in [-0.05, 0) is 155 Å². The Hall–Kier alpha value is -3.12. The molecule has 0 atom stereocenters. The molecule has 0 saturated carbocycles. The third-order valence-corrected chi connectivity index (χ3v) is 11.2. The molecule has 0 aliphatic carbocycles. The molecule has 0 heterocycles. The Labute approximate surface area is 314 Å². The Morgan fingerprint density at radius 3 is 0.490 bits per heavy atom. The zero-order chi connectivity index (χ0) is 38.2. The van der Waals surface area contributed by atoms with Crippen LogP contribution in [0.1, 0.15) is 228 Å². The molecule has 0 N–H and O–H groups in total. The summed E-state index contributed by atoms with van der Waals surface area (Å²) in [5.74, 6) is 3.92. The molecule has 0 unspecified atom stereocenters. The Morgan fingerprint density at radius 1 is 0.216 bits per heavy atom. The molecule has 51 heavy (non-hydrogen) atoms. The molecule has 0 radical (unpaired) electrons. The fourth-order valence-electron chi connectivity index (χ4n) is 7.93. The molecule has 0 aromatic heterocycles. The van der Waals surface area contributed by atoms with E-state index >= 15 is 0 Å². The molecule has 4 aromatic carbocycles. The molecular weight excluding hydrogens is 613 g/mol. The van der Waals surface area contributed by atoms with Gasteiger partial charge in [-0.3, -0.25) is 0 Å². The Kier molecular flexibility index (Phi) is 13.0. The van der Waals surface area contributed by atoms with Crippen molar-refractivity contribution in [2.45, 2.75) is 178 Å². The first-order valence-corrected chi connectivity index (χ1v) is 20.4. The molecule has 4 aromatic rings. The number of hydrogen-bond acceptors (Lipinski definition) is 0. The smallest absolute Gasteiger partial charge is 0.0114 e. The maximum atomic E-state index is 2.57. The van der Waals surface area contributed by atoms with E-state index in [1.54, 1.807) is 0 Å². The predicted molar refractivity (Wildman–Crippen MR) is 230 cm³/mol. The van der Waals surface area contributed by atoms with Gasteiger partial charge in [0.05, 0.1) is 0 Å². The molecule has 276 valence electrons. The highest BCUT2D eigenvalue weighted by Gasteiger charge is 2.25. The second-order valence-corrected chi connectivity index (χ2v) is 18.4. The van der Waals surface area contributed by atoms with Crippen LogP contribution in [-0.2, 0) is 0 Å². The summed E-state index contributed by atoms with van der Waals surface area (Å²) in [5.41, 5.74) is 21.6. The highest BCUT2D eigenvalue weighted by Crippen LogP contribution is 2.47. The summed E-state index contributed by atoms with van der Waals surface area (Å²) in [6.07, 6.45) is 0. The van der Waals surface area contributed by atoms with Gasteiger partial charge in [0.1, 0.15) is 0 Å². The molecule has 0 aliphatic rings. The van der Waals surface area contributed by atoms with Crippen LogP contribution in [0.5, 0.6) is 0 Å². The minimum atomic E-state index is 0.411. The monoisotopic (exact) mass is 685 g/mol. The van der Waals surface area contributed by atoms with Gasteiger partial charge >= 0.3 is 0 Å². The summed E-state index contributed by atoms with van der Waals surface area (Å²) in [7, 11) is 0. The van der Waals surface area contributed by atoms with Gasteiger partial charge in [0.15, 0.2) is 0 Å². The van der Waals surface area contributed by atoms with Crippen LogP contribution in [0.2, 0.25) is 0 Å². The van der Waals surface area contributed by atoms with Gasteiger partial charge < -0.3 is 0 Å². The predicted octanol–water partition coefficient (Wildman–Crippen LogP) is 16.8. The normalized spacial score (nSPS) is 12.5. The van der Waals surface area contributed by atoms with Crippen molar-refractivity contribution in [1.82, 2.24) is 0 Å². The molecule has 0 spiro atoms. The van der Waals surface area contributed by atoms with E-state index < -0.39 is 0 Å². The second kappa shape index (κ2) is 16.3. The zero-order valence-electron chi connectivity index (χ0n) is 35.9. The van der Waals surface area contributed by atoms with E-state index in [1.807, 2.05) is 0 Å². The summed E-state index contributed by atoms with van der Waals surface area (Å²) >= 11 is 0. The number of benzene rings is 4. The fraction of sp³-hybridized carbons (Fsp3) is 0.529. The third kappa shape index (κ3) is 8.58. The third-order valence-electron chi connectivity index (χ3n) is 11.2. The van der Waals surface area contributed by atoms with Crippen LogP contribution in [0.15, 0.2) is 54.6 Å². The quantitative estimate of drug-likeness (QED) is 0.139. The van der Waals surface area contributed by atoms with Crippen LogP contribution in [0.25, 0.3) is 33.4 Å². The van der Waals surface area contributed by atoms with Gasteiger partial charge in [-0.25, -0.2) is 0 Å². The first kappa shape index (κ1) is 40.6. The molecule has 0 fully saturated rings. The van der Waals surface area contributed by atoms with Crippen LogP contribution in [-0.4, -0.2) is 0 Å². The molecule has 0 aliphatic heterocycles. The van der Waals surface area contributed by atoms with Crippen molar-refractivity contribution in [1.29, 1.82) is 0 Å². The Morgan fingerprint density at radius 2 is 0.373 bits per heavy atom. The minimum Gasteiger partial charge on any atom is -0.0587 e.